The number of fused-ring (bicyclic) bond motifs is 11. The lowest BCUT2D eigenvalue weighted by molar-refractivity contribution is 0.279. The molecule has 3 rings (SSSR count). The maximum atomic E-state index is 9.44. The second-order valence-electron chi connectivity index (χ2n) is 5.44. The van der Waals surface area contributed by atoms with Gasteiger partial charge in [-0.25, -0.2) is 0 Å². The third-order valence-electron chi connectivity index (χ3n) is 3.92. The van der Waals surface area contributed by atoms with E-state index in [4.69, 9.17) is 0 Å². The van der Waals surface area contributed by atoms with E-state index in [2.05, 4.69) is 11.1 Å². The van der Waals surface area contributed by atoms with Gasteiger partial charge in [0.2, 0.25) is 0 Å². The van der Waals surface area contributed by atoms with Gasteiger partial charge in [0, 0.05) is 11.9 Å². The number of hydrogen-bond acceptors (Lipinski definition) is 2. The van der Waals surface area contributed by atoms with Crippen LogP contribution in [0.15, 0.2) is 12.3 Å². The Morgan fingerprint density at radius 2 is 1.50 bits per heavy atom. The Balaban J connectivity index is 2.07. The molecule has 0 fully saturated rings. The monoisotopic (exact) mass is 247 g/mol. The number of aryl methyl sites for hydroxylation is 2. The molecule has 100 valence electrons. The molecular weight excluding hydrogens is 222 g/mol. The summed E-state index contributed by atoms with van der Waals surface area (Å²) in [6.45, 7) is 0.135. The van der Waals surface area contributed by atoms with Gasteiger partial charge in [-0.15, -0.1) is 0 Å². The second-order valence-corrected chi connectivity index (χ2v) is 5.44. The number of pyridine rings is 1. The van der Waals surface area contributed by atoms with Crippen molar-refractivity contribution in [3.05, 3.63) is 29.1 Å². The summed E-state index contributed by atoms with van der Waals surface area (Å²) < 4.78 is 0. The van der Waals surface area contributed by atoms with Gasteiger partial charge in [0.05, 0.1) is 6.61 Å². The van der Waals surface area contributed by atoms with Gasteiger partial charge < -0.3 is 5.11 Å². The number of nitrogens with zero attached hydrogens (tertiary/aromatic N) is 1. The standard InChI is InChI=1S/C16H25NO/c18-13-15-11-14-9-7-5-3-1-2-4-6-8-10-16(15)17-12-14/h11-12,18H,1-10,13H2. The largest absolute Gasteiger partial charge is 0.392 e. The van der Waals surface area contributed by atoms with Crippen molar-refractivity contribution in [1.82, 2.24) is 4.98 Å². The molecule has 0 atom stereocenters. The molecule has 2 heteroatoms. The summed E-state index contributed by atoms with van der Waals surface area (Å²) in [5.41, 5.74) is 3.45. The van der Waals surface area contributed by atoms with Gasteiger partial charge in [-0.1, -0.05) is 44.6 Å². The summed E-state index contributed by atoms with van der Waals surface area (Å²) in [7, 11) is 0. The van der Waals surface area contributed by atoms with E-state index in [1.54, 1.807) is 0 Å². The summed E-state index contributed by atoms with van der Waals surface area (Å²) in [6.07, 6.45) is 14.8. The minimum absolute atomic E-state index is 0.135. The van der Waals surface area contributed by atoms with Gasteiger partial charge in [-0.3, -0.25) is 4.98 Å². The van der Waals surface area contributed by atoms with Gasteiger partial charge in [0.1, 0.15) is 0 Å². The number of aromatic nitrogens is 1. The predicted octanol–water partition coefficient (Wildman–Crippen LogP) is 3.79. The first-order chi connectivity index (χ1) is 8.90. The third kappa shape index (κ3) is 4.09. The zero-order valence-corrected chi connectivity index (χ0v) is 11.3. The molecule has 1 aliphatic carbocycles. The number of hydrogen-bond donors (Lipinski definition) is 1. The van der Waals surface area contributed by atoms with E-state index in [0.29, 0.717) is 0 Å². The van der Waals surface area contributed by atoms with Gasteiger partial charge in [-0.05, 0) is 36.8 Å². The quantitative estimate of drug-likeness (QED) is 0.819. The molecule has 2 bridgehead atoms. The number of rotatable bonds is 1. The molecule has 1 aliphatic heterocycles. The topological polar surface area (TPSA) is 33.1 Å². The van der Waals surface area contributed by atoms with Crippen LogP contribution in [0.5, 0.6) is 0 Å². The van der Waals surface area contributed by atoms with Crippen LogP contribution in [0.1, 0.15) is 68.2 Å². The first kappa shape index (κ1) is 13.5. The normalized spacial score (nSPS) is 18.5. The van der Waals surface area contributed by atoms with Crippen LogP contribution in [0.3, 0.4) is 0 Å². The highest BCUT2D eigenvalue weighted by atomic mass is 16.3. The van der Waals surface area contributed by atoms with Crippen LogP contribution >= 0.6 is 0 Å². The molecule has 0 saturated heterocycles. The highest BCUT2D eigenvalue weighted by Gasteiger charge is 2.06. The fraction of sp³-hybridized carbons (Fsp3) is 0.688. The van der Waals surface area contributed by atoms with Gasteiger partial charge in [0.15, 0.2) is 0 Å². The second kappa shape index (κ2) is 7.52. The van der Waals surface area contributed by atoms with Gasteiger partial charge in [0.25, 0.3) is 0 Å². The lowest BCUT2D eigenvalue weighted by Gasteiger charge is -2.10. The SMILES string of the molecule is OCc1cc2cnc1CCCCCCCCCC2. The number of aliphatic hydroxyl groups excluding tert-OH is 1. The van der Waals surface area contributed by atoms with Crippen LogP contribution in [-0.4, -0.2) is 10.1 Å². The molecule has 0 spiro atoms. The van der Waals surface area contributed by atoms with E-state index in [1.807, 2.05) is 6.20 Å². The van der Waals surface area contributed by atoms with Crippen LogP contribution < -0.4 is 0 Å². The Kier molecular flexibility index (Phi) is 5.66. The molecule has 0 unspecified atom stereocenters. The summed E-state index contributed by atoms with van der Waals surface area (Å²) in [5, 5.41) is 9.44. The molecule has 0 aromatic carbocycles. The molecule has 1 N–H and O–H groups in total. The Bertz CT molecular complexity index is 362. The van der Waals surface area contributed by atoms with Crippen LogP contribution in [0.4, 0.5) is 0 Å². The Labute approximate surface area is 110 Å². The Morgan fingerprint density at radius 1 is 0.889 bits per heavy atom. The van der Waals surface area contributed by atoms with E-state index in [0.717, 1.165) is 24.1 Å². The molecule has 0 amide bonds. The highest BCUT2D eigenvalue weighted by Crippen LogP contribution is 2.17. The molecule has 18 heavy (non-hydrogen) atoms. The minimum Gasteiger partial charge on any atom is -0.392 e. The van der Waals surface area contributed by atoms with Crippen LogP contribution in [0, 0.1) is 0 Å². The first-order valence-electron chi connectivity index (χ1n) is 7.47. The summed E-state index contributed by atoms with van der Waals surface area (Å²) in [5.74, 6) is 0. The van der Waals surface area contributed by atoms with Crippen molar-refractivity contribution in [1.29, 1.82) is 0 Å². The van der Waals surface area contributed by atoms with Crippen LogP contribution in [0.25, 0.3) is 0 Å². The van der Waals surface area contributed by atoms with Crippen molar-refractivity contribution < 1.29 is 5.11 Å². The van der Waals surface area contributed by atoms with Crippen molar-refractivity contribution in [3.63, 3.8) is 0 Å². The lowest BCUT2D eigenvalue weighted by atomic mass is 10.00. The first-order valence-corrected chi connectivity index (χ1v) is 7.47. The average molecular weight is 247 g/mol. The summed E-state index contributed by atoms with van der Waals surface area (Å²) in [4.78, 5) is 4.56. The van der Waals surface area contributed by atoms with E-state index < -0.39 is 0 Å². The summed E-state index contributed by atoms with van der Waals surface area (Å²) >= 11 is 0. The molecule has 0 radical (unpaired) electrons. The van der Waals surface area contributed by atoms with Gasteiger partial charge in [-0.2, -0.15) is 0 Å². The molecule has 1 aromatic rings. The zero-order valence-electron chi connectivity index (χ0n) is 11.3. The number of aliphatic hydroxyl groups is 1. The molecular formula is C16H25NO. The van der Waals surface area contributed by atoms with Crippen LogP contribution in [0.2, 0.25) is 0 Å². The predicted molar refractivity (Wildman–Crippen MR) is 74.5 cm³/mol. The summed E-state index contributed by atoms with van der Waals surface area (Å²) in [6, 6.07) is 2.16. The lowest BCUT2D eigenvalue weighted by Crippen LogP contribution is -2.01. The van der Waals surface area contributed by atoms with Crippen molar-refractivity contribution in [3.8, 4) is 0 Å². The molecule has 1 aromatic heterocycles. The van der Waals surface area contributed by atoms with E-state index in [-0.39, 0.29) is 6.61 Å². The van der Waals surface area contributed by atoms with Crippen LogP contribution in [-0.2, 0) is 19.4 Å². The fourth-order valence-electron chi connectivity index (χ4n) is 2.77. The molecule has 2 aliphatic rings. The van der Waals surface area contributed by atoms with Gasteiger partial charge >= 0.3 is 0 Å². The van der Waals surface area contributed by atoms with Crippen molar-refractivity contribution in [2.75, 3.05) is 0 Å². The Hall–Kier alpha value is -0.890. The fourth-order valence-corrected chi connectivity index (χ4v) is 2.77. The minimum atomic E-state index is 0.135. The van der Waals surface area contributed by atoms with E-state index in [1.165, 1.54) is 56.9 Å². The zero-order chi connectivity index (χ0) is 12.6. The maximum Gasteiger partial charge on any atom is 0.0699 e. The molecule has 2 heterocycles. The van der Waals surface area contributed by atoms with E-state index >= 15 is 0 Å². The van der Waals surface area contributed by atoms with Crippen molar-refractivity contribution in [2.24, 2.45) is 0 Å². The maximum absolute atomic E-state index is 9.44. The third-order valence-corrected chi connectivity index (χ3v) is 3.92. The van der Waals surface area contributed by atoms with E-state index in [9.17, 15) is 5.11 Å². The smallest absolute Gasteiger partial charge is 0.0699 e. The highest BCUT2D eigenvalue weighted by molar-refractivity contribution is 5.25. The van der Waals surface area contributed by atoms with Crippen molar-refractivity contribution in [2.45, 2.75) is 70.8 Å². The molecule has 2 nitrogen and oxygen atoms in total. The Morgan fingerprint density at radius 3 is 2.17 bits per heavy atom. The molecule has 0 saturated carbocycles. The van der Waals surface area contributed by atoms with Crippen molar-refractivity contribution >= 4 is 0 Å². The average Bonchev–Trinajstić information content (AvgIpc) is 2.41.